The zero-order chi connectivity index (χ0) is 18.2. The first-order valence-electron chi connectivity index (χ1n) is 7.70. The Hall–Kier alpha value is -1.78. The molecule has 1 aromatic carbocycles. The van der Waals surface area contributed by atoms with E-state index in [9.17, 15) is 0 Å². The van der Waals surface area contributed by atoms with Crippen LogP contribution >= 0.6 is 11.6 Å². The highest BCUT2D eigenvalue weighted by atomic mass is 35.5. The first-order chi connectivity index (χ1) is 10.8. The van der Waals surface area contributed by atoms with Crippen LogP contribution in [0.1, 0.15) is 47.1 Å². The molecule has 0 fully saturated rings. The van der Waals surface area contributed by atoms with Crippen LogP contribution in [0.3, 0.4) is 0 Å². The lowest BCUT2D eigenvalue weighted by molar-refractivity contribution is 1.33. The lowest BCUT2D eigenvalue weighted by Gasteiger charge is -1.82. The normalized spacial score (nSPS) is 6.45. The fourth-order valence-electron chi connectivity index (χ4n) is 0.876. The second-order valence-corrected chi connectivity index (χ2v) is 3.19. The van der Waals surface area contributed by atoms with Crippen molar-refractivity contribution in [2.45, 2.75) is 48.5 Å². The van der Waals surface area contributed by atoms with Gasteiger partial charge in [0, 0.05) is 6.20 Å². The molecule has 0 bridgehead atoms. The number of terminal acetylenes is 1. The fourth-order valence-corrected chi connectivity index (χ4v) is 1.01. The van der Waals surface area contributed by atoms with Gasteiger partial charge in [0.05, 0.1) is 0 Å². The minimum atomic E-state index is 0.544. The summed E-state index contributed by atoms with van der Waals surface area (Å²) in [7, 11) is 0. The van der Waals surface area contributed by atoms with Gasteiger partial charge in [0.1, 0.15) is 5.15 Å². The predicted molar refractivity (Wildman–Crippen MR) is 104 cm³/mol. The first kappa shape index (κ1) is 28.4. The van der Waals surface area contributed by atoms with Crippen molar-refractivity contribution in [1.82, 2.24) is 4.98 Å². The molecule has 2 rings (SSSR count). The van der Waals surface area contributed by atoms with Crippen molar-refractivity contribution in [2.24, 2.45) is 0 Å². The molecule has 22 heavy (non-hydrogen) atoms. The third-order valence-electron chi connectivity index (χ3n) is 1.57. The van der Waals surface area contributed by atoms with Crippen LogP contribution in [0.2, 0.25) is 5.15 Å². The number of rotatable bonds is 0. The van der Waals surface area contributed by atoms with Crippen LogP contribution in [0, 0.1) is 19.8 Å². The summed E-state index contributed by atoms with van der Waals surface area (Å²) in [6.07, 6.45) is 9.66. The van der Waals surface area contributed by atoms with E-state index in [1.54, 1.807) is 12.3 Å². The molecule has 0 unspecified atom stereocenters. The van der Waals surface area contributed by atoms with E-state index >= 15 is 0 Å². The van der Waals surface area contributed by atoms with Gasteiger partial charge in [0.2, 0.25) is 0 Å². The summed E-state index contributed by atoms with van der Waals surface area (Å²) in [5.74, 6) is 0. The lowest BCUT2D eigenvalue weighted by Crippen LogP contribution is -1.65. The third kappa shape index (κ3) is 26.7. The van der Waals surface area contributed by atoms with Gasteiger partial charge in [0.15, 0.2) is 0 Å². The number of nitrogens with zero attached hydrogens (tertiary/aromatic N) is 1. The Kier molecular flexibility index (Phi) is 40.7. The molecule has 1 aromatic heterocycles. The molecule has 0 aliphatic heterocycles. The highest BCUT2D eigenvalue weighted by Crippen LogP contribution is 1.98. The molecule has 0 saturated carbocycles. The van der Waals surface area contributed by atoms with Gasteiger partial charge in [-0.15, -0.1) is 12.8 Å². The summed E-state index contributed by atoms with van der Waals surface area (Å²) < 4.78 is 0. The monoisotopic (exact) mass is 321 g/mol. The molecule has 124 valence electrons. The first-order valence-corrected chi connectivity index (χ1v) is 8.08. The molecule has 1 nitrogen and oxygen atoms in total. The van der Waals surface area contributed by atoms with E-state index in [2.05, 4.69) is 36.9 Å². The molecular weight excluding hydrogens is 290 g/mol. The molecule has 0 N–H and O–H groups in total. The molecule has 0 aliphatic rings. The number of aromatic nitrogens is 1. The van der Waals surface area contributed by atoms with Crippen molar-refractivity contribution >= 4 is 11.6 Å². The van der Waals surface area contributed by atoms with Crippen molar-refractivity contribution in [3.05, 3.63) is 65.4 Å². The Morgan fingerprint density at radius 2 is 1.14 bits per heavy atom. The van der Waals surface area contributed by atoms with E-state index in [1.165, 1.54) is 5.56 Å². The zero-order valence-corrected chi connectivity index (χ0v) is 15.9. The van der Waals surface area contributed by atoms with Gasteiger partial charge in [-0.3, -0.25) is 0 Å². The molecule has 0 aliphatic carbocycles. The maximum absolute atomic E-state index is 5.43. The van der Waals surface area contributed by atoms with Gasteiger partial charge in [-0.1, -0.05) is 95.1 Å². The van der Waals surface area contributed by atoms with Gasteiger partial charge < -0.3 is 0 Å². The van der Waals surface area contributed by atoms with Crippen LogP contribution in [-0.4, -0.2) is 4.98 Å². The molecule has 2 heteroatoms. The Labute approximate surface area is 143 Å². The summed E-state index contributed by atoms with van der Waals surface area (Å²) in [5.41, 5.74) is 1.32. The van der Waals surface area contributed by atoms with E-state index in [4.69, 9.17) is 11.6 Å². The van der Waals surface area contributed by atoms with E-state index in [0.717, 1.165) is 0 Å². The number of benzene rings is 1. The average Bonchev–Trinajstić information content (AvgIpc) is 2.64. The number of aryl methyl sites for hydroxylation is 1. The number of halogens is 1. The van der Waals surface area contributed by atoms with Crippen molar-refractivity contribution < 1.29 is 0 Å². The van der Waals surface area contributed by atoms with Gasteiger partial charge in [-0.25, -0.2) is 4.98 Å². The number of hydrogen-bond donors (Lipinski definition) is 0. The molecule has 0 atom stereocenters. The zero-order valence-electron chi connectivity index (χ0n) is 15.2. The maximum Gasteiger partial charge on any atom is 0.129 e. The highest BCUT2D eigenvalue weighted by Gasteiger charge is 1.76. The van der Waals surface area contributed by atoms with Crippen molar-refractivity contribution in [1.29, 1.82) is 0 Å². The molecule has 0 amide bonds. The van der Waals surface area contributed by atoms with Gasteiger partial charge in [-0.2, -0.15) is 0 Å². The van der Waals surface area contributed by atoms with Crippen LogP contribution in [0.4, 0.5) is 0 Å². The lowest BCUT2D eigenvalue weighted by atomic mass is 10.2. The van der Waals surface area contributed by atoms with E-state index in [0.29, 0.717) is 5.15 Å². The Morgan fingerprint density at radius 1 is 0.727 bits per heavy atom. The number of hydrogen-bond acceptors (Lipinski definition) is 1. The molecule has 1 heterocycles. The number of pyridine rings is 1. The highest BCUT2D eigenvalue weighted by molar-refractivity contribution is 6.29. The molecule has 0 saturated heterocycles. The molecule has 0 radical (unpaired) electrons. The van der Waals surface area contributed by atoms with E-state index < -0.39 is 0 Å². The summed E-state index contributed by atoms with van der Waals surface area (Å²) in [6, 6.07) is 15.7. The van der Waals surface area contributed by atoms with Gasteiger partial charge >= 0.3 is 0 Å². The SMILES string of the molecule is C#C.CC.CC.CC.Cc1ccccc1.Clc1ccccn1. The average molecular weight is 322 g/mol. The Balaban J connectivity index is -0.000000102. The van der Waals surface area contributed by atoms with Crippen molar-refractivity contribution in [3.8, 4) is 12.8 Å². The second kappa shape index (κ2) is 31.6. The Morgan fingerprint density at radius 3 is 1.32 bits per heavy atom. The van der Waals surface area contributed by atoms with Gasteiger partial charge in [0.25, 0.3) is 0 Å². The van der Waals surface area contributed by atoms with E-state index in [-0.39, 0.29) is 0 Å². The van der Waals surface area contributed by atoms with Crippen LogP contribution in [0.25, 0.3) is 0 Å². The smallest absolute Gasteiger partial charge is 0.129 e. The van der Waals surface area contributed by atoms with Crippen LogP contribution in [0.15, 0.2) is 54.7 Å². The van der Waals surface area contributed by atoms with Crippen LogP contribution in [0.5, 0.6) is 0 Å². The minimum absolute atomic E-state index is 0.544. The standard InChI is InChI=1S/C7H8.C5H4ClN.3C2H6.C2H2/c1-7-5-3-2-4-6-7;6-5-3-1-2-4-7-5;4*1-2/h2-6H,1H3;1-4H;3*1-2H3;1-2H. The summed E-state index contributed by atoms with van der Waals surface area (Å²) in [4.78, 5) is 3.74. The Bertz CT molecular complexity index is 345. The topological polar surface area (TPSA) is 12.9 Å². The summed E-state index contributed by atoms with van der Waals surface area (Å²) in [5, 5.41) is 0.544. The van der Waals surface area contributed by atoms with Crippen LogP contribution < -0.4 is 0 Å². The fraction of sp³-hybridized carbons (Fsp3) is 0.350. The quantitative estimate of drug-likeness (QED) is 0.374. The predicted octanol–water partition coefficient (Wildman–Crippen LogP) is 7.06. The second-order valence-electron chi connectivity index (χ2n) is 2.81. The largest absolute Gasteiger partial charge is 0.245 e. The minimum Gasteiger partial charge on any atom is -0.245 e. The summed E-state index contributed by atoms with van der Waals surface area (Å²) in [6.45, 7) is 14.1. The van der Waals surface area contributed by atoms with E-state index in [1.807, 2.05) is 71.9 Å². The molecular formula is C20H32ClN. The third-order valence-corrected chi connectivity index (χ3v) is 1.79. The molecule has 2 aromatic rings. The van der Waals surface area contributed by atoms with Crippen molar-refractivity contribution in [2.75, 3.05) is 0 Å². The van der Waals surface area contributed by atoms with Crippen molar-refractivity contribution in [3.63, 3.8) is 0 Å². The molecule has 0 spiro atoms. The van der Waals surface area contributed by atoms with Crippen LogP contribution in [-0.2, 0) is 0 Å². The maximum atomic E-state index is 5.43. The summed E-state index contributed by atoms with van der Waals surface area (Å²) >= 11 is 5.43. The van der Waals surface area contributed by atoms with Gasteiger partial charge in [-0.05, 0) is 19.1 Å².